The molecular formula is C19H20N2O4S. The smallest absolute Gasteiger partial charge is 0.305 e. The highest BCUT2D eigenvalue weighted by Crippen LogP contribution is 2.35. The Morgan fingerprint density at radius 1 is 1.27 bits per heavy atom. The molecule has 0 spiro atoms. The van der Waals surface area contributed by atoms with Gasteiger partial charge >= 0.3 is 5.97 Å². The Hall–Kier alpha value is -2.93. The average molecular weight is 372 g/mol. The third-order valence-electron chi connectivity index (χ3n) is 3.41. The van der Waals surface area contributed by atoms with E-state index < -0.39 is 5.97 Å². The molecule has 0 heterocycles. The van der Waals surface area contributed by atoms with E-state index in [-0.39, 0.29) is 18.9 Å². The van der Waals surface area contributed by atoms with Crippen LogP contribution in [0.2, 0.25) is 0 Å². The van der Waals surface area contributed by atoms with Gasteiger partial charge in [-0.25, -0.2) is 0 Å². The molecule has 0 unspecified atom stereocenters. The molecule has 2 rings (SSSR count). The van der Waals surface area contributed by atoms with Crippen LogP contribution in [-0.2, 0) is 9.59 Å². The van der Waals surface area contributed by atoms with Crippen LogP contribution in [0.5, 0.6) is 5.75 Å². The van der Waals surface area contributed by atoms with Crippen molar-refractivity contribution in [2.45, 2.75) is 16.2 Å². The van der Waals surface area contributed by atoms with Crippen molar-refractivity contribution >= 4 is 35.4 Å². The summed E-state index contributed by atoms with van der Waals surface area (Å²) in [6.45, 7) is 0.0858. The van der Waals surface area contributed by atoms with Gasteiger partial charge in [-0.2, -0.15) is 0 Å². The quantitative estimate of drug-likeness (QED) is 0.486. The monoisotopic (exact) mass is 372 g/mol. The lowest BCUT2D eigenvalue weighted by Crippen LogP contribution is -2.23. The predicted octanol–water partition coefficient (Wildman–Crippen LogP) is 3.03. The minimum Gasteiger partial charge on any atom is -0.496 e. The van der Waals surface area contributed by atoms with Gasteiger partial charge in [0.2, 0.25) is 5.91 Å². The number of hydrogen-bond acceptors (Lipinski definition) is 5. The molecule has 2 aromatic carbocycles. The molecule has 0 atom stereocenters. The number of carboxylic acids is 1. The first-order valence-corrected chi connectivity index (χ1v) is 8.69. The van der Waals surface area contributed by atoms with E-state index in [9.17, 15) is 9.59 Å². The van der Waals surface area contributed by atoms with Crippen molar-refractivity contribution in [1.29, 1.82) is 0 Å². The fourth-order valence-electron chi connectivity index (χ4n) is 2.12. The van der Waals surface area contributed by atoms with E-state index in [1.807, 2.05) is 42.5 Å². The average Bonchev–Trinajstić information content (AvgIpc) is 2.61. The normalized spacial score (nSPS) is 10.7. The second kappa shape index (κ2) is 9.53. The number of para-hydroxylation sites is 1. The molecule has 0 fully saturated rings. The number of rotatable bonds is 8. The summed E-state index contributed by atoms with van der Waals surface area (Å²) in [4.78, 5) is 24.0. The number of nitrogen functional groups attached to an aromatic ring is 1. The van der Waals surface area contributed by atoms with Gasteiger partial charge in [0.15, 0.2) is 0 Å². The zero-order valence-electron chi connectivity index (χ0n) is 14.3. The van der Waals surface area contributed by atoms with E-state index >= 15 is 0 Å². The zero-order valence-corrected chi connectivity index (χ0v) is 15.1. The molecule has 2 aromatic rings. The van der Waals surface area contributed by atoms with E-state index in [2.05, 4.69) is 5.32 Å². The van der Waals surface area contributed by atoms with Gasteiger partial charge in [0.05, 0.1) is 18.4 Å². The largest absolute Gasteiger partial charge is 0.496 e. The van der Waals surface area contributed by atoms with Gasteiger partial charge in [-0.1, -0.05) is 30.0 Å². The lowest BCUT2D eigenvalue weighted by Gasteiger charge is -2.09. The third kappa shape index (κ3) is 5.86. The molecule has 4 N–H and O–H groups in total. The summed E-state index contributed by atoms with van der Waals surface area (Å²) in [5, 5.41) is 11.0. The Morgan fingerprint density at radius 2 is 2.04 bits per heavy atom. The number of methoxy groups -OCH3 is 1. The van der Waals surface area contributed by atoms with Gasteiger partial charge in [0.25, 0.3) is 0 Å². The van der Waals surface area contributed by atoms with Crippen molar-refractivity contribution < 1.29 is 19.4 Å². The number of benzene rings is 2. The second-order valence-corrected chi connectivity index (χ2v) is 6.43. The summed E-state index contributed by atoms with van der Waals surface area (Å²) in [6, 6.07) is 13.3. The van der Waals surface area contributed by atoms with Crippen molar-refractivity contribution in [1.82, 2.24) is 5.32 Å². The van der Waals surface area contributed by atoms with E-state index in [0.717, 1.165) is 15.5 Å². The molecular weight excluding hydrogens is 352 g/mol. The van der Waals surface area contributed by atoms with Crippen molar-refractivity contribution in [3.63, 3.8) is 0 Å². The number of carboxylic acid groups (broad SMARTS) is 1. The van der Waals surface area contributed by atoms with Crippen LogP contribution < -0.4 is 15.8 Å². The highest BCUT2D eigenvalue weighted by Gasteiger charge is 2.06. The van der Waals surface area contributed by atoms with Crippen LogP contribution in [0, 0.1) is 0 Å². The number of aliphatic carboxylic acids is 1. The molecule has 136 valence electrons. The fourth-order valence-corrected chi connectivity index (χ4v) is 3.09. The standard InChI is InChI=1S/C19H20N2O4S/c1-25-16-4-2-3-5-17(16)26-14-8-6-13(15(20)12-14)7-9-18(22)21-11-10-19(23)24/h2-9,12H,10-11,20H2,1H3,(H,21,22)(H,23,24)/b9-7+. The molecule has 1 amide bonds. The van der Waals surface area contributed by atoms with E-state index in [4.69, 9.17) is 15.6 Å². The molecule has 0 saturated heterocycles. The SMILES string of the molecule is COc1ccccc1Sc1ccc(/C=C/C(=O)NCCC(=O)O)c(N)c1. The number of carbonyl (C=O) groups excluding carboxylic acids is 1. The number of amides is 1. The Kier molecular flexibility index (Phi) is 7.11. The lowest BCUT2D eigenvalue weighted by atomic mass is 10.1. The predicted molar refractivity (Wildman–Crippen MR) is 102 cm³/mol. The van der Waals surface area contributed by atoms with Gasteiger partial charge in [-0.05, 0) is 35.9 Å². The van der Waals surface area contributed by atoms with Gasteiger partial charge in [-0.3, -0.25) is 9.59 Å². The number of carbonyl (C=O) groups is 2. The Labute approximate surface area is 156 Å². The highest BCUT2D eigenvalue weighted by atomic mass is 32.2. The maximum atomic E-state index is 11.6. The van der Waals surface area contributed by atoms with E-state index in [0.29, 0.717) is 11.3 Å². The fraction of sp³-hybridized carbons (Fsp3) is 0.158. The number of nitrogens with one attached hydrogen (secondary N) is 1. The van der Waals surface area contributed by atoms with Crippen LogP contribution in [-0.4, -0.2) is 30.6 Å². The highest BCUT2D eigenvalue weighted by molar-refractivity contribution is 7.99. The molecule has 0 aliphatic carbocycles. The van der Waals surface area contributed by atoms with Crippen LogP contribution in [0.1, 0.15) is 12.0 Å². The van der Waals surface area contributed by atoms with Crippen molar-refractivity contribution in [2.75, 3.05) is 19.4 Å². The minimum absolute atomic E-state index is 0.0858. The molecule has 0 aliphatic heterocycles. The van der Waals surface area contributed by atoms with E-state index in [1.54, 1.807) is 13.2 Å². The molecule has 0 saturated carbocycles. The maximum Gasteiger partial charge on any atom is 0.305 e. The van der Waals surface area contributed by atoms with Crippen LogP contribution >= 0.6 is 11.8 Å². The van der Waals surface area contributed by atoms with Crippen LogP contribution in [0.3, 0.4) is 0 Å². The summed E-state index contributed by atoms with van der Waals surface area (Å²) in [5.74, 6) is -0.530. The van der Waals surface area contributed by atoms with Crippen molar-refractivity contribution in [3.8, 4) is 5.75 Å². The molecule has 26 heavy (non-hydrogen) atoms. The molecule has 0 bridgehead atoms. The summed E-state index contributed by atoms with van der Waals surface area (Å²) < 4.78 is 5.34. The van der Waals surface area contributed by atoms with Crippen molar-refractivity contribution in [2.24, 2.45) is 0 Å². The Balaban J connectivity index is 2.01. The molecule has 6 nitrogen and oxygen atoms in total. The third-order valence-corrected chi connectivity index (χ3v) is 4.45. The summed E-state index contributed by atoms with van der Waals surface area (Å²) in [6.07, 6.45) is 2.82. The Bertz CT molecular complexity index is 821. The Morgan fingerprint density at radius 3 is 2.73 bits per heavy atom. The first-order chi connectivity index (χ1) is 12.5. The van der Waals surface area contributed by atoms with Gasteiger partial charge < -0.3 is 20.9 Å². The summed E-state index contributed by atoms with van der Waals surface area (Å²) >= 11 is 1.54. The van der Waals surface area contributed by atoms with Gasteiger partial charge in [0.1, 0.15) is 5.75 Å². The van der Waals surface area contributed by atoms with Crippen LogP contribution in [0.25, 0.3) is 6.08 Å². The summed E-state index contributed by atoms with van der Waals surface area (Å²) in [5.41, 5.74) is 7.32. The molecule has 0 radical (unpaired) electrons. The maximum absolute atomic E-state index is 11.6. The first kappa shape index (κ1) is 19.4. The number of nitrogens with two attached hydrogens (primary N) is 1. The molecule has 0 aliphatic rings. The number of hydrogen-bond donors (Lipinski definition) is 3. The lowest BCUT2D eigenvalue weighted by molar-refractivity contribution is -0.136. The summed E-state index contributed by atoms with van der Waals surface area (Å²) in [7, 11) is 1.63. The van der Waals surface area contributed by atoms with Crippen LogP contribution in [0.4, 0.5) is 5.69 Å². The van der Waals surface area contributed by atoms with Gasteiger partial charge in [-0.15, -0.1) is 0 Å². The number of anilines is 1. The molecule has 0 aromatic heterocycles. The van der Waals surface area contributed by atoms with Crippen LogP contribution in [0.15, 0.2) is 58.3 Å². The molecule has 7 heteroatoms. The zero-order chi connectivity index (χ0) is 18.9. The van der Waals surface area contributed by atoms with Gasteiger partial charge in [0, 0.05) is 23.2 Å². The first-order valence-electron chi connectivity index (χ1n) is 7.87. The number of ether oxygens (including phenoxy) is 1. The topological polar surface area (TPSA) is 102 Å². The minimum atomic E-state index is -0.957. The second-order valence-electron chi connectivity index (χ2n) is 5.31. The van der Waals surface area contributed by atoms with E-state index in [1.165, 1.54) is 17.8 Å². The van der Waals surface area contributed by atoms with Crippen molar-refractivity contribution in [3.05, 3.63) is 54.1 Å².